The molecule has 0 aromatic heterocycles. The third-order valence-corrected chi connectivity index (χ3v) is 7.75. The zero-order chi connectivity index (χ0) is 14.7. The Bertz CT molecular complexity index is 410. The van der Waals surface area contributed by atoms with E-state index in [-0.39, 0.29) is 1.43 Å². The van der Waals surface area contributed by atoms with Gasteiger partial charge >= 0.3 is 0 Å². The van der Waals surface area contributed by atoms with Crippen molar-refractivity contribution in [1.82, 2.24) is 0 Å². The third-order valence-electron chi connectivity index (χ3n) is 7.75. The van der Waals surface area contributed by atoms with Crippen molar-refractivity contribution in [3.8, 4) is 0 Å². The highest BCUT2D eigenvalue weighted by Gasteiger charge is 2.61. The van der Waals surface area contributed by atoms with Gasteiger partial charge in [-0.15, -0.1) is 0 Å². The molecule has 0 amide bonds. The first-order valence-corrected chi connectivity index (χ1v) is 9.01. The quantitative estimate of drug-likeness (QED) is 0.517. The number of rotatable bonds is 2. The van der Waals surface area contributed by atoms with Crippen LogP contribution in [0.25, 0.3) is 0 Å². The monoisotopic (exact) mass is 276 g/mol. The molecule has 5 atom stereocenters. The molecule has 0 N–H and O–H groups in total. The van der Waals surface area contributed by atoms with Crippen molar-refractivity contribution in [1.29, 1.82) is 0 Å². The summed E-state index contributed by atoms with van der Waals surface area (Å²) in [6.07, 6.45) is 8.76. The Balaban J connectivity index is 0.000000147. The van der Waals surface area contributed by atoms with Gasteiger partial charge in [-0.1, -0.05) is 46.8 Å². The Hall–Kier alpha value is -0.260. The Labute approximate surface area is 127 Å². The van der Waals surface area contributed by atoms with Crippen LogP contribution in [0, 0.1) is 40.4 Å². The molecule has 0 aliphatic heterocycles. The minimum absolute atomic E-state index is 0. The van der Waals surface area contributed by atoms with Crippen molar-refractivity contribution >= 4 is 0 Å². The fraction of sp³-hybridized carbons (Fsp3) is 0.900. The molecule has 116 valence electrons. The topological polar surface area (TPSA) is 0 Å². The maximum Gasteiger partial charge on any atom is 0 e. The van der Waals surface area contributed by atoms with Crippen LogP contribution in [0.1, 0.15) is 74.6 Å². The van der Waals surface area contributed by atoms with E-state index in [1.165, 1.54) is 37.7 Å². The van der Waals surface area contributed by atoms with Gasteiger partial charge in [0, 0.05) is 1.43 Å². The molecule has 0 spiro atoms. The molecule has 4 aliphatic carbocycles. The first kappa shape index (κ1) is 14.7. The molecule has 0 aromatic carbocycles. The van der Waals surface area contributed by atoms with Crippen molar-refractivity contribution in [3.05, 3.63) is 12.2 Å². The lowest BCUT2D eigenvalue weighted by molar-refractivity contribution is 0.342. The molecule has 4 fully saturated rings. The fourth-order valence-corrected chi connectivity index (χ4v) is 5.70. The van der Waals surface area contributed by atoms with Gasteiger partial charge in [0.15, 0.2) is 0 Å². The van der Waals surface area contributed by atoms with E-state index in [9.17, 15) is 0 Å². The van der Waals surface area contributed by atoms with E-state index >= 15 is 0 Å². The van der Waals surface area contributed by atoms with Gasteiger partial charge in [-0.25, -0.2) is 0 Å². The Morgan fingerprint density at radius 2 is 1.70 bits per heavy atom. The molecular formula is C20H36. The molecule has 0 nitrogen and oxygen atoms in total. The van der Waals surface area contributed by atoms with Crippen molar-refractivity contribution in [3.63, 3.8) is 0 Å². The summed E-state index contributed by atoms with van der Waals surface area (Å²) in [5, 5.41) is 0. The van der Waals surface area contributed by atoms with Gasteiger partial charge in [-0.3, -0.25) is 0 Å². The lowest BCUT2D eigenvalue weighted by Crippen LogP contribution is -2.07. The van der Waals surface area contributed by atoms with Gasteiger partial charge < -0.3 is 0 Å². The summed E-state index contributed by atoms with van der Waals surface area (Å²) >= 11 is 0. The highest BCUT2D eigenvalue weighted by molar-refractivity contribution is 5.26. The third kappa shape index (κ3) is 2.01. The van der Waals surface area contributed by atoms with Gasteiger partial charge in [0.2, 0.25) is 0 Å². The lowest BCUT2D eigenvalue weighted by atomic mass is 9.90. The maximum absolute atomic E-state index is 4.10. The molecule has 0 heteroatoms. The maximum atomic E-state index is 4.10. The van der Waals surface area contributed by atoms with Gasteiger partial charge in [0.1, 0.15) is 0 Å². The van der Waals surface area contributed by atoms with E-state index in [2.05, 4.69) is 41.2 Å². The van der Waals surface area contributed by atoms with Crippen LogP contribution in [0.5, 0.6) is 0 Å². The van der Waals surface area contributed by atoms with Gasteiger partial charge in [0.05, 0.1) is 0 Å². The predicted octanol–water partition coefficient (Wildman–Crippen LogP) is 6.32. The van der Waals surface area contributed by atoms with Crippen molar-refractivity contribution in [2.24, 2.45) is 40.4 Å². The second-order valence-electron chi connectivity index (χ2n) is 9.02. The Morgan fingerprint density at radius 3 is 1.90 bits per heavy atom. The van der Waals surface area contributed by atoms with E-state index in [4.69, 9.17) is 0 Å². The van der Waals surface area contributed by atoms with E-state index < -0.39 is 0 Å². The summed E-state index contributed by atoms with van der Waals surface area (Å²) in [5.74, 6) is 4.92. The molecule has 4 aliphatic rings. The first-order valence-electron chi connectivity index (χ1n) is 9.01. The number of fused-ring (bicyclic) bond motifs is 2. The number of hydrogen-bond acceptors (Lipinski definition) is 0. The minimum atomic E-state index is 0. The first-order chi connectivity index (χ1) is 9.33. The zero-order valence-electron chi connectivity index (χ0n) is 14.3. The summed E-state index contributed by atoms with van der Waals surface area (Å²) in [7, 11) is 0. The molecule has 0 saturated heterocycles. The molecule has 4 saturated carbocycles. The second kappa shape index (κ2) is 4.62. The smallest absolute Gasteiger partial charge is 0 e. The molecule has 0 radical (unpaired) electrons. The molecule has 0 bridgehead atoms. The van der Waals surface area contributed by atoms with Gasteiger partial charge in [-0.2, -0.15) is 0 Å². The summed E-state index contributed by atoms with van der Waals surface area (Å²) in [4.78, 5) is 0. The van der Waals surface area contributed by atoms with Crippen molar-refractivity contribution in [2.75, 3.05) is 0 Å². The summed E-state index contributed by atoms with van der Waals surface area (Å²) in [6, 6.07) is 0. The molecule has 0 heterocycles. The Kier molecular flexibility index (Phi) is 3.39. The van der Waals surface area contributed by atoms with E-state index in [1.807, 2.05) is 0 Å². The van der Waals surface area contributed by atoms with Crippen LogP contribution in [0.3, 0.4) is 0 Å². The molecule has 20 heavy (non-hydrogen) atoms. The van der Waals surface area contributed by atoms with Crippen LogP contribution in [0.4, 0.5) is 0 Å². The van der Waals surface area contributed by atoms with E-state index in [1.54, 1.807) is 6.42 Å². The number of hydrogen-bond donors (Lipinski definition) is 0. The van der Waals surface area contributed by atoms with Crippen LogP contribution >= 0.6 is 0 Å². The molecular weight excluding hydrogens is 240 g/mol. The van der Waals surface area contributed by atoms with Crippen LogP contribution in [0.2, 0.25) is 0 Å². The van der Waals surface area contributed by atoms with E-state index in [0.29, 0.717) is 0 Å². The van der Waals surface area contributed by atoms with Gasteiger partial charge in [-0.05, 0) is 78.9 Å². The van der Waals surface area contributed by atoms with Gasteiger partial charge in [0.25, 0.3) is 0 Å². The highest BCUT2D eigenvalue weighted by Crippen LogP contribution is 2.70. The summed E-state index contributed by atoms with van der Waals surface area (Å²) < 4.78 is 0. The number of allylic oxidation sites excluding steroid dienone is 1. The standard InChI is InChI=1S/C10H18.C10H16.H2/c2*1-7(2)10-5-4-8(3)9(10)6-10;/h7-9H,4-6H2,1-3H3;7,9H,3-6H2,1-2H3;1H. The van der Waals surface area contributed by atoms with Crippen LogP contribution in [0.15, 0.2) is 12.2 Å². The summed E-state index contributed by atoms with van der Waals surface area (Å²) in [5.41, 5.74) is 3.10. The zero-order valence-corrected chi connectivity index (χ0v) is 14.3. The van der Waals surface area contributed by atoms with Crippen LogP contribution in [-0.4, -0.2) is 0 Å². The largest absolute Gasteiger partial charge is 0.0996 e. The molecule has 5 unspecified atom stereocenters. The van der Waals surface area contributed by atoms with Crippen molar-refractivity contribution < 1.29 is 1.43 Å². The molecule has 4 rings (SSSR count). The van der Waals surface area contributed by atoms with Crippen LogP contribution < -0.4 is 0 Å². The SMILES string of the molecule is C=C1CCC2(C(C)C)CC12.CC1CCC2(C(C)C)CC12.[HH]. The van der Waals surface area contributed by atoms with E-state index in [0.717, 1.165) is 40.4 Å². The van der Waals surface area contributed by atoms with Crippen molar-refractivity contribution in [2.45, 2.75) is 73.1 Å². The predicted molar refractivity (Wildman–Crippen MR) is 89.6 cm³/mol. The minimum Gasteiger partial charge on any atom is -0.0996 e. The average molecular weight is 277 g/mol. The summed E-state index contributed by atoms with van der Waals surface area (Å²) in [6.45, 7) is 16.1. The fourth-order valence-electron chi connectivity index (χ4n) is 5.70. The average Bonchev–Trinajstić information content (AvgIpc) is 3.26. The normalized spacial score (nSPS) is 48.0. The van der Waals surface area contributed by atoms with Crippen LogP contribution in [-0.2, 0) is 0 Å². The lowest BCUT2D eigenvalue weighted by Gasteiger charge is -2.15. The second-order valence-corrected chi connectivity index (χ2v) is 9.02. The Morgan fingerprint density at radius 1 is 1.05 bits per heavy atom. The highest BCUT2D eigenvalue weighted by atomic mass is 14.7. The molecule has 0 aromatic rings.